The summed E-state index contributed by atoms with van der Waals surface area (Å²) in [5.74, 6) is 1.74. The lowest BCUT2D eigenvalue weighted by Gasteiger charge is -2.16. The average Bonchev–Trinajstić information content (AvgIpc) is 2.78. The lowest BCUT2D eigenvalue weighted by Crippen LogP contribution is -2.28. The van der Waals surface area contributed by atoms with Crippen LogP contribution in [0.5, 0.6) is 11.5 Å². The molecule has 0 aliphatic rings. The molecule has 0 amide bonds. The van der Waals surface area contributed by atoms with Crippen LogP contribution in [-0.2, 0) is 9.53 Å². The number of benzene rings is 2. The number of rotatable bonds is 12. The summed E-state index contributed by atoms with van der Waals surface area (Å²) in [6.07, 6.45) is 3.26. The number of anilines is 2. The first-order valence-corrected chi connectivity index (χ1v) is 11.6. The van der Waals surface area contributed by atoms with E-state index >= 15 is 0 Å². The largest absolute Gasteiger partial charge is 0.493 e. The highest BCUT2D eigenvalue weighted by atomic mass is 79.9. The van der Waals surface area contributed by atoms with E-state index in [9.17, 15) is 4.79 Å². The minimum atomic E-state index is -0.201. The molecule has 0 spiro atoms. The van der Waals surface area contributed by atoms with Gasteiger partial charge in [-0.25, -0.2) is 9.97 Å². The molecule has 0 fully saturated rings. The Kier molecular flexibility index (Phi) is 9.26. The molecule has 0 radical (unpaired) electrons. The number of esters is 1. The van der Waals surface area contributed by atoms with Gasteiger partial charge in [0.05, 0.1) is 32.4 Å². The van der Waals surface area contributed by atoms with Crippen molar-refractivity contribution in [2.45, 2.75) is 19.8 Å². The predicted molar refractivity (Wildman–Crippen MR) is 132 cm³/mol. The summed E-state index contributed by atoms with van der Waals surface area (Å²) in [6.45, 7) is 3.82. The van der Waals surface area contributed by atoms with Gasteiger partial charge in [-0.3, -0.25) is 9.69 Å². The molecule has 1 aromatic heterocycles. The number of hydrogen-bond acceptors (Lipinski definition) is 8. The first kappa shape index (κ1) is 24.7. The van der Waals surface area contributed by atoms with Crippen LogP contribution in [-0.4, -0.2) is 61.3 Å². The van der Waals surface area contributed by atoms with E-state index in [-0.39, 0.29) is 5.97 Å². The number of nitrogens with zero attached hydrogens (tertiary/aromatic N) is 3. The average molecular weight is 517 g/mol. The Labute approximate surface area is 202 Å². The molecule has 1 N–H and O–H groups in total. The van der Waals surface area contributed by atoms with E-state index in [4.69, 9.17) is 14.2 Å². The van der Waals surface area contributed by atoms with Crippen LogP contribution < -0.4 is 14.8 Å². The van der Waals surface area contributed by atoms with Gasteiger partial charge >= 0.3 is 5.97 Å². The highest BCUT2D eigenvalue weighted by Crippen LogP contribution is 2.35. The normalized spacial score (nSPS) is 10.9. The molecule has 0 saturated carbocycles. The van der Waals surface area contributed by atoms with Crippen molar-refractivity contribution in [3.8, 4) is 11.5 Å². The van der Waals surface area contributed by atoms with Gasteiger partial charge in [-0.15, -0.1) is 0 Å². The minimum Gasteiger partial charge on any atom is -0.493 e. The van der Waals surface area contributed by atoms with Crippen molar-refractivity contribution < 1.29 is 19.0 Å². The van der Waals surface area contributed by atoms with Gasteiger partial charge < -0.3 is 19.5 Å². The molecule has 1 heterocycles. The van der Waals surface area contributed by atoms with Gasteiger partial charge in [-0.2, -0.15) is 0 Å². The van der Waals surface area contributed by atoms with E-state index in [2.05, 4.69) is 31.2 Å². The van der Waals surface area contributed by atoms with E-state index in [1.165, 1.54) is 6.33 Å². The lowest BCUT2D eigenvalue weighted by molar-refractivity contribution is -0.144. The number of aromatic nitrogens is 2. The number of carbonyl (C=O) groups excluding carboxylic acids is 1. The van der Waals surface area contributed by atoms with Crippen LogP contribution >= 0.6 is 15.9 Å². The second-order valence-electron chi connectivity index (χ2n) is 7.48. The Balaban J connectivity index is 1.61. The van der Waals surface area contributed by atoms with Crippen LogP contribution in [0.2, 0.25) is 0 Å². The molecule has 0 aliphatic carbocycles. The smallest absolute Gasteiger partial charge is 0.320 e. The van der Waals surface area contributed by atoms with Crippen LogP contribution in [0.3, 0.4) is 0 Å². The quantitative estimate of drug-likeness (QED) is 0.271. The second kappa shape index (κ2) is 12.4. The van der Waals surface area contributed by atoms with Crippen LogP contribution in [0.4, 0.5) is 11.5 Å². The fourth-order valence-electron chi connectivity index (χ4n) is 3.31. The first-order valence-electron chi connectivity index (χ1n) is 10.8. The first-order chi connectivity index (χ1) is 16.0. The Morgan fingerprint density at radius 1 is 1.15 bits per heavy atom. The molecule has 176 valence electrons. The van der Waals surface area contributed by atoms with Crippen LogP contribution in [0.25, 0.3) is 10.9 Å². The molecular formula is C24H29BrN4O4. The fraction of sp³-hybridized carbons (Fsp3) is 0.375. The van der Waals surface area contributed by atoms with E-state index in [0.717, 1.165) is 40.4 Å². The maximum atomic E-state index is 11.5. The van der Waals surface area contributed by atoms with Gasteiger partial charge in [0.2, 0.25) is 0 Å². The van der Waals surface area contributed by atoms with E-state index in [1.54, 1.807) is 7.11 Å². The van der Waals surface area contributed by atoms with Gasteiger partial charge in [0, 0.05) is 21.6 Å². The Morgan fingerprint density at radius 2 is 2.00 bits per heavy atom. The summed E-state index contributed by atoms with van der Waals surface area (Å²) in [5, 5.41) is 4.17. The highest BCUT2D eigenvalue weighted by molar-refractivity contribution is 9.10. The zero-order valence-electron chi connectivity index (χ0n) is 19.1. The molecule has 8 nitrogen and oxygen atoms in total. The molecule has 2 aromatic carbocycles. The summed E-state index contributed by atoms with van der Waals surface area (Å²) in [4.78, 5) is 22.3. The zero-order valence-corrected chi connectivity index (χ0v) is 20.7. The monoisotopic (exact) mass is 516 g/mol. The molecule has 33 heavy (non-hydrogen) atoms. The number of carbonyl (C=O) groups is 1. The molecule has 0 aliphatic heterocycles. The number of unbranched alkanes of at least 4 members (excludes halogenated alkanes) is 1. The maximum absolute atomic E-state index is 11.5. The van der Waals surface area contributed by atoms with Crippen LogP contribution in [0.1, 0.15) is 19.8 Å². The van der Waals surface area contributed by atoms with E-state index < -0.39 is 0 Å². The summed E-state index contributed by atoms with van der Waals surface area (Å²) in [7, 11) is 3.52. The number of methoxy groups -OCH3 is 1. The van der Waals surface area contributed by atoms with Crippen molar-refractivity contribution in [2.24, 2.45) is 0 Å². The van der Waals surface area contributed by atoms with Gasteiger partial charge in [-0.05, 0) is 57.6 Å². The van der Waals surface area contributed by atoms with E-state index in [1.807, 2.05) is 55.3 Å². The number of ether oxygens (including phenoxy) is 3. The topological polar surface area (TPSA) is 85.8 Å². The molecule has 0 saturated heterocycles. The van der Waals surface area contributed by atoms with Gasteiger partial charge in [0.15, 0.2) is 11.5 Å². The van der Waals surface area contributed by atoms with Crippen molar-refractivity contribution in [3.05, 3.63) is 47.2 Å². The standard InChI is InChI=1S/C24H29BrN4O4/c1-4-32-23(30)15-29(2)10-5-6-11-33-22-14-20-19(13-21(22)31-3)24(27-16-26-20)28-18-9-7-8-17(25)12-18/h7-9,12-14,16H,4-6,10-11,15H2,1-3H3,(H,26,27,28). The minimum absolute atomic E-state index is 0.201. The Hall–Kier alpha value is -2.91. The summed E-state index contributed by atoms with van der Waals surface area (Å²) >= 11 is 3.48. The summed E-state index contributed by atoms with van der Waals surface area (Å²) in [6, 6.07) is 11.6. The van der Waals surface area contributed by atoms with E-state index in [0.29, 0.717) is 37.1 Å². The molecule has 0 unspecified atom stereocenters. The van der Waals surface area contributed by atoms with Crippen LogP contribution in [0, 0.1) is 0 Å². The third-order valence-electron chi connectivity index (χ3n) is 4.90. The predicted octanol–water partition coefficient (Wildman–Crippen LogP) is 4.80. The highest BCUT2D eigenvalue weighted by Gasteiger charge is 2.12. The number of nitrogens with one attached hydrogen (secondary N) is 1. The number of halogens is 1. The molecule has 9 heteroatoms. The zero-order chi connectivity index (χ0) is 23.6. The molecule has 0 bridgehead atoms. The third kappa shape index (κ3) is 7.30. The van der Waals surface area contributed by atoms with Gasteiger partial charge in [0.25, 0.3) is 0 Å². The van der Waals surface area contributed by atoms with Crippen molar-refractivity contribution in [1.29, 1.82) is 0 Å². The van der Waals surface area contributed by atoms with Gasteiger partial charge in [-0.1, -0.05) is 22.0 Å². The SMILES string of the molecule is CCOC(=O)CN(C)CCCCOc1cc2ncnc(Nc3cccc(Br)c3)c2cc1OC. The van der Waals surface area contributed by atoms with Crippen LogP contribution in [0.15, 0.2) is 47.2 Å². The molecular weight excluding hydrogens is 488 g/mol. The van der Waals surface area contributed by atoms with Gasteiger partial charge in [0.1, 0.15) is 12.1 Å². The summed E-state index contributed by atoms with van der Waals surface area (Å²) < 4.78 is 17.5. The Bertz CT molecular complexity index is 1080. The second-order valence-corrected chi connectivity index (χ2v) is 8.39. The summed E-state index contributed by atoms with van der Waals surface area (Å²) in [5.41, 5.74) is 1.67. The van der Waals surface area contributed by atoms with Crippen molar-refractivity contribution in [3.63, 3.8) is 0 Å². The third-order valence-corrected chi connectivity index (χ3v) is 5.40. The molecule has 3 aromatic rings. The molecule has 0 atom stereocenters. The van der Waals surface area contributed by atoms with Crippen molar-refractivity contribution in [1.82, 2.24) is 14.9 Å². The maximum Gasteiger partial charge on any atom is 0.320 e. The molecule has 3 rings (SSSR count). The van der Waals surface area contributed by atoms with Crippen molar-refractivity contribution >= 4 is 44.3 Å². The lowest BCUT2D eigenvalue weighted by atomic mass is 10.2. The number of likely N-dealkylation sites (N-methyl/N-ethyl adjacent to an activating group) is 1. The number of fused-ring (bicyclic) bond motifs is 1. The Morgan fingerprint density at radius 3 is 2.76 bits per heavy atom. The number of hydrogen-bond donors (Lipinski definition) is 1. The fourth-order valence-corrected chi connectivity index (χ4v) is 3.71. The van der Waals surface area contributed by atoms with Crippen molar-refractivity contribution in [2.75, 3.05) is 45.8 Å².